The molecule has 0 aromatic heterocycles. The van der Waals surface area contributed by atoms with Gasteiger partial charge < -0.3 is 14.7 Å². The first kappa shape index (κ1) is 39.0. The number of fused-ring (bicyclic) bond motifs is 10. The van der Waals surface area contributed by atoms with Crippen molar-refractivity contribution >= 4 is 105 Å². The zero-order chi connectivity index (χ0) is 44.8. The summed E-state index contributed by atoms with van der Waals surface area (Å²) < 4.78 is 0. The molecule has 0 radical (unpaired) electrons. The number of benzene rings is 12. The number of hydrogen-bond donors (Lipinski definition) is 0. The first-order chi connectivity index (χ1) is 32.9. The molecule has 0 saturated carbocycles. The molecule has 0 N–H and O–H groups in total. The van der Waals surface area contributed by atoms with Crippen LogP contribution >= 0.6 is 0 Å². The van der Waals surface area contributed by atoms with E-state index in [0.717, 1.165) is 51.2 Å². The highest BCUT2D eigenvalue weighted by Crippen LogP contribution is 2.54. The average molecular weight is 858 g/mol. The van der Waals surface area contributed by atoms with Crippen LogP contribution in [0, 0.1) is 0 Å². The Kier molecular flexibility index (Phi) is 8.78. The Bertz CT molecular complexity index is 3640. The SMILES string of the molecule is CC(C)(C)c1cc2ccc3c4cc(c5ccc(c1)c2c35)N(c1ccccc1)c1cccc(c1)N(c1c2ccccc2c(-c2ccccc2)c2ccccc12)c1cccc(c1)N4c1ccccc1. The molecule has 0 saturated heterocycles. The zero-order valence-corrected chi connectivity index (χ0v) is 37.8. The Hall–Kier alpha value is -8.40. The van der Waals surface area contributed by atoms with Crippen molar-refractivity contribution in [1.29, 1.82) is 0 Å². The molecule has 0 fully saturated rings. The molecule has 0 amide bonds. The van der Waals surface area contributed by atoms with Crippen LogP contribution in [0.3, 0.4) is 0 Å². The fourth-order valence-corrected chi connectivity index (χ4v) is 10.9. The number of rotatable bonds is 4. The number of nitrogens with zero attached hydrogens (tertiary/aromatic N) is 3. The standard InChI is InChI=1S/C64H47N3/c1-64(2,3)45-37-43-33-35-56-58-41-59(57-36-34-44(38-45)60(43)62(56)57)66(47-23-11-6-12-24-47)49-26-18-28-51(40-49)67(50-27-17-25-48(39-50)65(58)46-21-9-5-10-22-46)63-54-31-15-13-29-52(54)61(42-19-7-4-8-20-42)53-30-14-16-32-55(53)63/h4-41H,1-3H3. The van der Waals surface area contributed by atoms with E-state index in [4.69, 9.17) is 0 Å². The zero-order valence-electron chi connectivity index (χ0n) is 37.8. The van der Waals surface area contributed by atoms with Crippen LogP contribution in [-0.4, -0.2) is 0 Å². The van der Waals surface area contributed by atoms with Gasteiger partial charge in [-0.05, 0) is 116 Å². The lowest BCUT2D eigenvalue weighted by Crippen LogP contribution is -2.17. The minimum Gasteiger partial charge on any atom is -0.310 e. The van der Waals surface area contributed by atoms with Crippen molar-refractivity contribution in [3.63, 3.8) is 0 Å². The van der Waals surface area contributed by atoms with Gasteiger partial charge in [-0.2, -0.15) is 0 Å². The maximum atomic E-state index is 2.50. The van der Waals surface area contributed by atoms with Crippen molar-refractivity contribution < 1.29 is 0 Å². The van der Waals surface area contributed by atoms with E-state index in [-0.39, 0.29) is 5.41 Å². The molecule has 0 spiro atoms. The van der Waals surface area contributed by atoms with E-state index in [2.05, 4.69) is 266 Å². The second-order valence-electron chi connectivity index (χ2n) is 19.0. The molecule has 13 rings (SSSR count). The Morgan fingerprint density at radius 2 is 0.701 bits per heavy atom. The topological polar surface area (TPSA) is 9.72 Å². The molecule has 12 aromatic rings. The first-order valence-corrected chi connectivity index (χ1v) is 23.3. The van der Waals surface area contributed by atoms with Crippen LogP contribution in [0.2, 0.25) is 0 Å². The van der Waals surface area contributed by atoms with Gasteiger partial charge in [0.25, 0.3) is 0 Å². The minimum atomic E-state index is 0.00910. The van der Waals surface area contributed by atoms with Crippen LogP contribution in [0.1, 0.15) is 26.3 Å². The van der Waals surface area contributed by atoms with E-state index in [1.807, 2.05) is 0 Å². The van der Waals surface area contributed by atoms with E-state index < -0.39 is 0 Å². The highest BCUT2D eigenvalue weighted by molar-refractivity contribution is 6.29. The van der Waals surface area contributed by atoms with Gasteiger partial charge in [0.1, 0.15) is 0 Å². The summed E-state index contributed by atoms with van der Waals surface area (Å²) in [5.41, 5.74) is 13.6. The molecule has 12 aromatic carbocycles. The third-order valence-corrected chi connectivity index (χ3v) is 13.9. The van der Waals surface area contributed by atoms with Crippen LogP contribution in [0.4, 0.5) is 51.2 Å². The summed E-state index contributed by atoms with van der Waals surface area (Å²) in [5.74, 6) is 0. The quantitative estimate of drug-likeness (QED) is 0.129. The predicted octanol–water partition coefficient (Wildman–Crippen LogP) is 18.6. The highest BCUT2D eigenvalue weighted by atomic mass is 15.2. The summed E-state index contributed by atoms with van der Waals surface area (Å²) in [7, 11) is 0. The van der Waals surface area contributed by atoms with Gasteiger partial charge in [-0.1, -0.05) is 185 Å². The van der Waals surface area contributed by atoms with Gasteiger partial charge in [-0.15, -0.1) is 0 Å². The molecule has 0 atom stereocenters. The predicted molar refractivity (Wildman–Crippen MR) is 287 cm³/mol. The van der Waals surface area contributed by atoms with Gasteiger partial charge in [0.2, 0.25) is 0 Å². The fourth-order valence-electron chi connectivity index (χ4n) is 10.9. The van der Waals surface area contributed by atoms with Crippen molar-refractivity contribution in [2.24, 2.45) is 0 Å². The van der Waals surface area contributed by atoms with Gasteiger partial charge in [0, 0.05) is 61.1 Å². The summed E-state index contributed by atoms with van der Waals surface area (Å²) >= 11 is 0. The lowest BCUT2D eigenvalue weighted by molar-refractivity contribution is 0.591. The first-order valence-electron chi connectivity index (χ1n) is 23.3. The Balaban J connectivity index is 1.18. The molecule has 1 aliphatic rings. The lowest BCUT2D eigenvalue weighted by Gasteiger charge is -2.35. The van der Waals surface area contributed by atoms with E-state index >= 15 is 0 Å². The second kappa shape index (κ2) is 15.1. The van der Waals surface area contributed by atoms with Gasteiger partial charge in [0.15, 0.2) is 0 Å². The summed E-state index contributed by atoms with van der Waals surface area (Å²) in [6.07, 6.45) is 0. The maximum absolute atomic E-state index is 2.50. The monoisotopic (exact) mass is 857 g/mol. The van der Waals surface area contributed by atoms with Crippen molar-refractivity contribution in [2.45, 2.75) is 26.2 Å². The van der Waals surface area contributed by atoms with Crippen LogP contribution in [0.25, 0.3) is 65.0 Å². The Labute approximate surface area is 391 Å². The maximum Gasteiger partial charge on any atom is 0.0618 e. The van der Waals surface area contributed by atoms with Crippen LogP contribution in [0.5, 0.6) is 0 Å². The molecule has 0 aliphatic carbocycles. The number of hydrogen-bond acceptors (Lipinski definition) is 3. The molecule has 6 bridgehead atoms. The minimum absolute atomic E-state index is 0.00910. The van der Waals surface area contributed by atoms with Gasteiger partial charge in [-0.25, -0.2) is 0 Å². The van der Waals surface area contributed by atoms with Gasteiger partial charge in [0.05, 0.1) is 17.1 Å². The summed E-state index contributed by atoms with van der Waals surface area (Å²) in [4.78, 5) is 7.46. The molecular weight excluding hydrogens is 811 g/mol. The molecule has 3 nitrogen and oxygen atoms in total. The van der Waals surface area contributed by atoms with E-state index in [9.17, 15) is 0 Å². The molecule has 0 unspecified atom stereocenters. The van der Waals surface area contributed by atoms with Crippen molar-refractivity contribution in [2.75, 3.05) is 14.7 Å². The summed E-state index contributed by atoms with van der Waals surface area (Å²) in [6.45, 7) is 6.93. The average Bonchev–Trinajstić information content (AvgIpc) is 3.37. The smallest absolute Gasteiger partial charge is 0.0618 e. The van der Waals surface area contributed by atoms with Crippen molar-refractivity contribution in [3.8, 4) is 11.1 Å². The highest BCUT2D eigenvalue weighted by Gasteiger charge is 2.29. The number of anilines is 9. The summed E-state index contributed by atoms with van der Waals surface area (Å²) in [5, 5.41) is 12.3. The van der Waals surface area contributed by atoms with Crippen LogP contribution in [0.15, 0.2) is 231 Å². The van der Waals surface area contributed by atoms with E-state index in [1.165, 1.54) is 70.6 Å². The van der Waals surface area contributed by atoms with E-state index in [0.29, 0.717) is 0 Å². The van der Waals surface area contributed by atoms with Crippen LogP contribution in [-0.2, 0) is 5.41 Å². The van der Waals surface area contributed by atoms with Crippen molar-refractivity contribution in [1.82, 2.24) is 0 Å². The van der Waals surface area contributed by atoms with E-state index in [1.54, 1.807) is 0 Å². The second-order valence-corrected chi connectivity index (χ2v) is 19.0. The molecule has 318 valence electrons. The number of para-hydroxylation sites is 2. The third kappa shape index (κ3) is 6.19. The molecular formula is C64H47N3. The summed E-state index contributed by atoms with van der Waals surface area (Å²) in [6, 6.07) is 85.6. The van der Waals surface area contributed by atoms with Crippen molar-refractivity contribution in [3.05, 3.63) is 236 Å². The fraction of sp³-hybridized carbons (Fsp3) is 0.0625. The largest absolute Gasteiger partial charge is 0.310 e. The molecule has 3 heteroatoms. The normalized spacial score (nSPS) is 12.9. The lowest BCUT2D eigenvalue weighted by atomic mass is 9.83. The third-order valence-electron chi connectivity index (χ3n) is 13.9. The Morgan fingerprint density at radius 1 is 0.299 bits per heavy atom. The molecule has 1 heterocycles. The molecule has 1 aliphatic heterocycles. The molecule has 67 heavy (non-hydrogen) atoms. The van der Waals surface area contributed by atoms with Gasteiger partial charge >= 0.3 is 0 Å². The van der Waals surface area contributed by atoms with Crippen LogP contribution < -0.4 is 14.7 Å². The Morgan fingerprint density at radius 3 is 1.16 bits per heavy atom. The van der Waals surface area contributed by atoms with Gasteiger partial charge in [-0.3, -0.25) is 0 Å².